The molecular weight excluding hydrogens is 276 g/mol. The van der Waals surface area contributed by atoms with Crippen LogP contribution in [0.15, 0.2) is 18.2 Å². The normalized spacial score (nSPS) is 21.2. The average Bonchev–Trinajstić information content (AvgIpc) is 2.43. The predicted molar refractivity (Wildman–Crippen MR) is 75.8 cm³/mol. The second kappa shape index (κ2) is 6.98. The molecular formula is C16H21F2NO2. The Morgan fingerprint density at radius 1 is 1.43 bits per heavy atom. The van der Waals surface area contributed by atoms with Crippen LogP contribution >= 0.6 is 0 Å². The molecule has 0 spiro atoms. The summed E-state index contributed by atoms with van der Waals surface area (Å²) in [6, 6.07) is 3.90. The van der Waals surface area contributed by atoms with Crippen molar-refractivity contribution >= 4 is 5.97 Å². The highest BCUT2D eigenvalue weighted by molar-refractivity contribution is 5.67. The van der Waals surface area contributed by atoms with Gasteiger partial charge in [-0.3, -0.25) is 9.69 Å². The molecule has 1 aliphatic rings. The van der Waals surface area contributed by atoms with Gasteiger partial charge in [0.25, 0.3) is 0 Å². The van der Waals surface area contributed by atoms with Crippen molar-refractivity contribution in [2.45, 2.75) is 32.7 Å². The zero-order valence-corrected chi connectivity index (χ0v) is 12.2. The fraction of sp³-hybridized carbons (Fsp3) is 0.562. The zero-order valence-electron chi connectivity index (χ0n) is 12.2. The lowest BCUT2D eigenvalue weighted by Gasteiger charge is -2.35. The number of rotatable bonds is 5. The van der Waals surface area contributed by atoms with Gasteiger partial charge in [0.15, 0.2) is 0 Å². The molecule has 0 bridgehead atoms. The Morgan fingerprint density at radius 3 is 2.71 bits per heavy atom. The maximum absolute atomic E-state index is 13.7. The standard InChI is InChI=1S/C16H21F2NO2/c1-11(8-16(20)21)12-4-3-7-19(9-12)10-13-14(17)5-2-6-15(13)18/h2,5-6,11-12H,3-4,7-10H2,1H3,(H,20,21). The summed E-state index contributed by atoms with van der Waals surface area (Å²) in [7, 11) is 0. The second-order valence-electron chi connectivity index (χ2n) is 5.91. The van der Waals surface area contributed by atoms with Gasteiger partial charge >= 0.3 is 5.97 Å². The average molecular weight is 297 g/mol. The molecule has 21 heavy (non-hydrogen) atoms. The molecule has 116 valence electrons. The molecule has 1 fully saturated rings. The third-order valence-electron chi connectivity index (χ3n) is 4.29. The van der Waals surface area contributed by atoms with Gasteiger partial charge in [-0.15, -0.1) is 0 Å². The van der Waals surface area contributed by atoms with E-state index < -0.39 is 17.6 Å². The third-order valence-corrected chi connectivity index (χ3v) is 4.29. The number of hydrogen-bond acceptors (Lipinski definition) is 2. The second-order valence-corrected chi connectivity index (χ2v) is 5.91. The van der Waals surface area contributed by atoms with Crippen molar-refractivity contribution in [3.05, 3.63) is 35.4 Å². The van der Waals surface area contributed by atoms with Crippen LogP contribution in [0.1, 0.15) is 31.7 Å². The summed E-state index contributed by atoms with van der Waals surface area (Å²) in [6.07, 6.45) is 2.06. The highest BCUT2D eigenvalue weighted by Crippen LogP contribution is 2.27. The minimum atomic E-state index is -0.792. The molecule has 3 nitrogen and oxygen atoms in total. The van der Waals surface area contributed by atoms with Crippen LogP contribution in [0, 0.1) is 23.5 Å². The van der Waals surface area contributed by atoms with Gasteiger partial charge in [-0.2, -0.15) is 0 Å². The Balaban J connectivity index is 2.00. The van der Waals surface area contributed by atoms with Gasteiger partial charge in [0.05, 0.1) is 0 Å². The summed E-state index contributed by atoms with van der Waals surface area (Å²) >= 11 is 0. The van der Waals surface area contributed by atoms with Crippen LogP contribution in [0.3, 0.4) is 0 Å². The van der Waals surface area contributed by atoms with Gasteiger partial charge in [-0.1, -0.05) is 13.0 Å². The van der Waals surface area contributed by atoms with E-state index in [9.17, 15) is 13.6 Å². The largest absolute Gasteiger partial charge is 0.481 e. The van der Waals surface area contributed by atoms with E-state index in [1.165, 1.54) is 18.2 Å². The Labute approximate surface area is 123 Å². The lowest BCUT2D eigenvalue weighted by molar-refractivity contribution is -0.138. The number of carbonyl (C=O) groups is 1. The number of hydrogen-bond donors (Lipinski definition) is 1. The van der Waals surface area contributed by atoms with Gasteiger partial charge in [0.1, 0.15) is 11.6 Å². The number of halogens is 2. The third kappa shape index (κ3) is 4.24. The highest BCUT2D eigenvalue weighted by Gasteiger charge is 2.26. The summed E-state index contributed by atoms with van der Waals surface area (Å²) in [5, 5.41) is 8.88. The van der Waals surface area contributed by atoms with E-state index in [0.717, 1.165) is 19.4 Å². The summed E-state index contributed by atoms with van der Waals surface area (Å²) < 4.78 is 27.4. The highest BCUT2D eigenvalue weighted by atomic mass is 19.1. The number of likely N-dealkylation sites (tertiary alicyclic amines) is 1. The fourth-order valence-corrected chi connectivity index (χ4v) is 3.05. The van der Waals surface area contributed by atoms with Crippen molar-refractivity contribution in [1.82, 2.24) is 4.90 Å². The quantitative estimate of drug-likeness (QED) is 0.906. The summed E-state index contributed by atoms with van der Waals surface area (Å²) in [4.78, 5) is 12.8. The zero-order chi connectivity index (χ0) is 15.4. The number of aliphatic carboxylic acids is 1. The van der Waals surface area contributed by atoms with E-state index in [0.29, 0.717) is 6.54 Å². The fourth-order valence-electron chi connectivity index (χ4n) is 3.05. The molecule has 1 aromatic carbocycles. The smallest absolute Gasteiger partial charge is 0.303 e. The van der Waals surface area contributed by atoms with Crippen LogP contribution in [-0.4, -0.2) is 29.1 Å². The maximum Gasteiger partial charge on any atom is 0.303 e. The van der Waals surface area contributed by atoms with E-state index in [2.05, 4.69) is 0 Å². The summed E-state index contributed by atoms with van der Waals surface area (Å²) in [5.41, 5.74) is 0.101. The predicted octanol–water partition coefficient (Wildman–Crippen LogP) is 3.29. The first-order valence-corrected chi connectivity index (χ1v) is 7.34. The monoisotopic (exact) mass is 297 g/mol. The van der Waals surface area contributed by atoms with Gasteiger partial charge in [-0.25, -0.2) is 8.78 Å². The molecule has 0 radical (unpaired) electrons. The van der Waals surface area contributed by atoms with Crippen LogP contribution in [-0.2, 0) is 11.3 Å². The Morgan fingerprint density at radius 2 is 2.10 bits per heavy atom. The molecule has 2 unspecified atom stereocenters. The van der Waals surface area contributed by atoms with Gasteiger partial charge in [0.2, 0.25) is 0 Å². The minimum Gasteiger partial charge on any atom is -0.481 e. The molecule has 0 aromatic heterocycles. The van der Waals surface area contributed by atoms with Gasteiger partial charge < -0.3 is 5.11 Å². The maximum atomic E-state index is 13.7. The van der Waals surface area contributed by atoms with E-state index >= 15 is 0 Å². The van der Waals surface area contributed by atoms with Crippen LogP contribution in [0.25, 0.3) is 0 Å². The van der Waals surface area contributed by atoms with Crippen molar-refractivity contribution in [1.29, 1.82) is 0 Å². The number of carboxylic acid groups (broad SMARTS) is 1. The van der Waals surface area contributed by atoms with Crippen LogP contribution in [0.4, 0.5) is 8.78 Å². The van der Waals surface area contributed by atoms with Crippen molar-refractivity contribution in [3.8, 4) is 0 Å². The number of nitrogens with zero attached hydrogens (tertiary/aromatic N) is 1. The Bertz CT molecular complexity index is 487. The van der Waals surface area contributed by atoms with Crippen LogP contribution in [0.5, 0.6) is 0 Å². The topological polar surface area (TPSA) is 40.5 Å². The molecule has 1 saturated heterocycles. The summed E-state index contributed by atoms with van der Waals surface area (Å²) in [6.45, 7) is 3.67. The van der Waals surface area contributed by atoms with E-state index in [1.807, 2.05) is 11.8 Å². The Hall–Kier alpha value is -1.49. The van der Waals surface area contributed by atoms with Crippen molar-refractivity contribution in [3.63, 3.8) is 0 Å². The molecule has 5 heteroatoms. The molecule has 1 aromatic rings. The van der Waals surface area contributed by atoms with Crippen LogP contribution < -0.4 is 0 Å². The number of carboxylic acids is 1. The van der Waals surface area contributed by atoms with Crippen molar-refractivity contribution in [2.75, 3.05) is 13.1 Å². The van der Waals surface area contributed by atoms with Crippen molar-refractivity contribution in [2.24, 2.45) is 11.8 Å². The van der Waals surface area contributed by atoms with Crippen LogP contribution in [0.2, 0.25) is 0 Å². The van der Waals surface area contributed by atoms with Gasteiger partial charge in [-0.05, 0) is 43.4 Å². The molecule has 0 aliphatic carbocycles. The molecule has 2 rings (SSSR count). The summed E-state index contributed by atoms with van der Waals surface area (Å²) in [5.74, 6) is -1.48. The van der Waals surface area contributed by atoms with E-state index in [4.69, 9.17) is 5.11 Å². The molecule has 0 amide bonds. The lowest BCUT2D eigenvalue weighted by Crippen LogP contribution is -2.38. The van der Waals surface area contributed by atoms with E-state index in [-0.39, 0.29) is 30.4 Å². The SMILES string of the molecule is CC(CC(=O)O)C1CCCN(Cc2c(F)cccc2F)C1. The molecule has 2 atom stereocenters. The molecule has 1 N–H and O–H groups in total. The van der Waals surface area contributed by atoms with Crippen molar-refractivity contribution < 1.29 is 18.7 Å². The lowest BCUT2D eigenvalue weighted by atomic mass is 9.84. The first-order valence-electron chi connectivity index (χ1n) is 7.34. The number of benzene rings is 1. The Kier molecular flexibility index (Phi) is 5.28. The number of piperidine rings is 1. The first kappa shape index (κ1) is 15.9. The first-order chi connectivity index (χ1) is 9.97. The molecule has 1 heterocycles. The van der Waals surface area contributed by atoms with E-state index in [1.54, 1.807) is 0 Å². The molecule has 0 saturated carbocycles. The van der Waals surface area contributed by atoms with Gasteiger partial charge in [0, 0.05) is 25.1 Å². The minimum absolute atomic E-state index is 0.0794. The molecule has 1 aliphatic heterocycles.